The van der Waals surface area contributed by atoms with Crippen molar-refractivity contribution in [2.75, 3.05) is 12.3 Å². The Morgan fingerprint density at radius 1 is 1.35 bits per heavy atom. The van der Waals surface area contributed by atoms with Gasteiger partial charge in [-0.2, -0.15) is 0 Å². The van der Waals surface area contributed by atoms with Crippen LogP contribution in [0.5, 0.6) is 0 Å². The number of nitrogens with zero attached hydrogens (tertiary/aromatic N) is 2. The Kier molecular flexibility index (Phi) is 4.10. The minimum atomic E-state index is 0.160. The van der Waals surface area contributed by atoms with E-state index in [1.165, 1.54) is 16.6 Å². The van der Waals surface area contributed by atoms with Gasteiger partial charge in [-0.1, -0.05) is 30.0 Å². The number of fused-ring (bicyclic) bond motifs is 1. The molecule has 0 spiro atoms. The Morgan fingerprint density at radius 3 is 3.09 bits per heavy atom. The topological polar surface area (TPSA) is 46.3 Å². The van der Waals surface area contributed by atoms with E-state index >= 15 is 0 Å². The molecule has 0 saturated carbocycles. The molecule has 1 fully saturated rings. The number of hydrogen-bond donors (Lipinski definition) is 0. The first-order valence-electron chi connectivity index (χ1n) is 7.62. The predicted octanol–water partition coefficient (Wildman–Crippen LogP) is 4.35. The lowest BCUT2D eigenvalue weighted by atomic mass is 10.2. The second-order valence-electron chi connectivity index (χ2n) is 5.50. The normalized spacial score (nSPS) is 17.9. The van der Waals surface area contributed by atoms with Crippen LogP contribution in [0, 0.1) is 0 Å². The molecule has 1 atom stereocenters. The number of para-hydroxylation sites is 2. The smallest absolute Gasteiger partial charge is 0.257 e. The van der Waals surface area contributed by atoms with Crippen LogP contribution in [0.3, 0.4) is 0 Å². The molecule has 1 unspecified atom stereocenters. The summed E-state index contributed by atoms with van der Waals surface area (Å²) in [6, 6.07) is 12.1. The molecule has 1 aromatic carbocycles. The molecule has 0 radical (unpaired) electrons. The highest BCUT2D eigenvalue weighted by Gasteiger charge is 2.30. The lowest BCUT2D eigenvalue weighted by Gasteiger charge is -2.23. The van der Waals surface area contributed by atoms with E-state index in [1.54, 1.807) is 11.3 Å². The Bertz CT molecular complexity index is 780. The number of amides is 1. The summed E-state index contributed by atoms with van der Waals surface area (Å²) in [4.78, 5) is 20.3. The van der Waals surface area contributed by atoms with Gasteiger partial charge in [0.15, 0.2) is 5.58 Å². The third kappa shape index (κ3) is 3.01. The number of thioether (sulfide) groups is 1. The number of likely N-dealkylation sites (tertiary alicyclic amines) is 1. The first kappa shape index (κ1) is 14.8. The average Bonchev–Trinajstić information content (AvgIpc) is 3.31. The van der Waals surface area contributed by atoms with Gasteiger partial charge in [0, 0.05) is 11.4 Å². The fraction of sp³-hybridized carbons (Fsp3) is 0.294. The molecule has 3 heterocycles. The molecule has 0 N–H and O–H groups in total. The summed E-state index contributed by atoms with van der Waals surface area (Å²) in [6.07, 6.45) is 2.13. The number of benzene rings is 1. The first-order chi connectivity index (χ1) is 11.3. The van der Waals surface area contributed by atoms with Crippen molar-refractivity contribution in [2.24, 2.45) is 0 Å². The predicted molar refractivity (Wildman–Crippen MR) is 92.7 cm³/mol. The molecule has 1 saturated heterocycles. The fourth-order valence-corrected chi connectivity index (χ4v) is 4.56. The molecular formula is C17H16N2O2S2. The highest BCUT2D eigenvalue weighted by molar-refractivity contribution is 7.99. The van der Waals surface area contributed by atoms with E-state index < -0.39 is 0 Å². The van der Waals surface area contributed by atoms with Crippen LogP contribution >= 0.6 is 23.1 Å². The number of hydrogen-bond acceptors (Lipinski definition) is 5. The zero-order valence-corrected chi connectivity index (χ0v) is 14.1. The third-order valence-electron chi connectivity index (χ3n) is 4.04. The van der Waals surface area contributed by atoms with Gasteiger partial charge in [0.1, 0.15) is 5.52 Å². The van der Waals surface area contributed by atoms with Crippen molar-refractivity contribution in [1.82, 2.24) is 9.88 Å². The van der Waals surface area contributed by atoms with Gasteiger partial charge in [0.2, 0.25) is 5.91 Å². The van der Waals surface area contributed by atoms with Gasteiger partial charge in [-0.05, 0) is 36.4 Å². The summed E-state index contributed by atoms with van der Waals surface area (Å²) in [6.45, 7) is 0.843. The first-order valence-corrected chi connectivity index (χ1v) is 9.49. The molecule has 118 valence electrons. The van der Waals surface area contributed by atoms with Crippen LogP contribution in [-0.4, -0.2) is 28.1 Å². The largest absolute Gasteiger partial charge is 0.431 e. The van der Waals surface area contributed by atoms with Gasteiger partial charge in [0.25, 0.3) is 5.22 Å². The molecular weight excluding hydrogens is 328 g/mol. The second-order valence-corrected chi connectivity index (χ2v) is 7.40. The SMILES string of the molecule is O=C(CSc1nc2ccccc2o1)N1CCCC1c1cccs1. The van der Waals surface area contributed by atoms with Crippen LogP contribution < -0.4 is 0 Å². The average molecular weight is 344 g/mol. The van der Waals surface area contributed by atoms with Crippen molar-refractivity contribution in [3.63, 3.8) is 0 Å². The van der Waals surface area contributed by atoms with Gasteiger partial charge < -0.3 is 9.32 Å². The summed E-state index contributed by atoms with van der Waals surface area (Å²) >= 11 is 3.10. The van der Waals surface area contributed by atoms with Crippen molar-refractivity contribution < 1.29 is 9.21 Å². The second kappa shape index (κ2) is 6.37. The quantitative estimate of drug-likeness (QED) is 0.660. The maximum Gasteiger partial charge on any atom is 0.257 e. The van der Waals surface area contributed by atoms with E-state index in [0.717, 1.165) is 30.5 Å². The number of oxazole rings is 1. The Morgan fingerprint density at radius 2 is 2.26 bits per heavy atom. The van der Waals surface area contributed by atoms with Gasteiger partial charge in [0.05, 0.1) is 11.8 Å². The van der Waals surface area contributed by atoms with E-state index in [4.69, 9.17) is 4.42 Å². The molecule has 0 aliphatic carbocycles. The Balaban J connectivity index is 1.43. The molecule has 1 aliphatic rings. The van der Waals surface area contributed by atoms with Crippen molar-refractivity contribution in [3.8, 4) is 0 Å². The molecule has 2 aromatic heterocycles. The summed E-state index contributed by atoms with van der Waals surface area (Å²) in [5.41, 5.74) is 1.60. The van der Waals surface area contributed by atoms with Crippen molar-refractivity contribution in [1.29, 1.82) is 0 Å². The van der Waals surface area contributed by atoms with Crippen LogP contribution in [0.15, 0.2) is 51.4 Å². The summed E-state index contributed by atoms with van der Waals surface area (Å²) in [7, 11) is 0. The molecule has 3 aromatic rings. The zero-order chi connectivity index (χ0) is 15.6. The Labute approximate surface area is 142 Å². The van der Waals surface area contributed by atoms with Gasteiger partial charge in [-0.15, -0.1) is 11.3 Å². The number of carbonyl (C=O) groups excluding carboxylic acids is 1. The van der Waals surface area contributed by atoms with Gasteiger partial charge in [-0.3, -0.25) is 4.79 Å². The molecule has 0 bridgehead atoms. The van der Waals surface area contributed by atoms with Crippen LogP contribution in [-0.2, 0) is 4.79 Å². The van der Waals surface area contributed by atoms with Gasteiger partial charge in [-0.25, -0.2) is 4.98 Å². The van der Waals surface area contributed by atoms with Crippen LogP contribution in [0.1, 0.15) is 23.8 Å². The zero-order valence-electron chi connectivity index (χ0n) is 12.5. The Hall–Kier alpha value is -1.79. The van der Waals surface area contributed by atoms with E-state index in [0.29, 0.717) is 11.0 Å². The van der Waals surface area contributed by atoms with Gasteiger partial charge >= 0.3 is 0 Å². The summed E-state index contributed by atoms with van der Waals surface area (Å²) in [5, 5.41) is 2.63. The number of thiophene rings is 1. The molecule has 6 heteroatoms. The maximum atomic E-state index is 12.6. The highest BCUT2D eigenvalue weighted by Crippen LogP contribution is 2.35. The monoisotopic (exact) mass is 344 g/mol. The van der Waals surface area contributed by atoms with Crippen LogP contribution in [0.4, 0.5) is 0 Å². The van der Waals surface area contributed by atoms with E-state index in [9.17, 15) is 4.79 Å². The standard InChI is InChI=1S/C17H16N2O2S2/c20-16(19-9-3-6-13(19)15-8-4-10-22-15)11-23-17-18-12-5-1-2-7-14(12)21-17/h1-2,4-5,7-8,10,13H,3,6,9,11H2. The highest BCUT2D eigenvalue weighted by atomic mass is 32.2. The molecule has 4 nitrogen and oxygen atoms in total. The molecule has 4 rings (SSSR count). The minimum Gasteiger partial charge on any atom is -0.431 e. The third-order valence-corrected chi connectivity index (χ3v) is 5.82. The van der Waals surface area contributed by atoms with Crippen LogP contribution in [0.2, 0.25) is 0 Å². The summed E-state index contributed by atoms with van der Waals surface area (Å²) < 4.78 is 5.66. The molecule has 1 aliphatic heterocycles. The fourth-order valence-electron chi connectivity index (χ4n) is 2.96. The lowest BCUT2D eigenvalue weighted by molar-refractivity contribution is -0.129. The number of carbonyl (C=O) groups is 1. The van der Waals surface area contributed by atoms with Crippen molar-refractivity contribution >= 4 is 40.1 Å². The summed E-state index contributed by atoms with van der Waals surface area (Å²) in [5.74, 6) is 0.530. The van der Waals surface area contributed by atoms with E-state index in [2.05, 4.69) is 16.4 Å². The van der Waals surface area contributed by atoms with E-state index in [1.807, 2.05) is 35.2 Å². The maximum absolute atomic E-state index is 12.6. The number of aromatic nitrogens is 1. The molecule has 1 amide bonds. The van der Waals surface area contributed by atoms with Crippen molar-refractivity contribution in [3.05, 3.63) is 46.7 Å². The number of rotatable bonds is 4. The van der Waals surface area contributed by atoms with Crippen LogP contribution in [0.25, 0.3) is 11.1 Å². The molecule has 23 heavy (non-hydrogen) atoms. The van der Waals surface area contributed by atoms with Crippen molar-refractivity contribution in [2.45, 2.75) is 24.1 Å². The lowest BCUT2D eigenvalue weighted by Crippen LogP contribution is -2.31. The van der Waals surface area contributed by atoms with E-state index in [-0.39, 0.29) is 11.9 Å². The minimum absolute atomic E-state index is 0.160.